The number of hydrogen-bond acceptors (Lipinski definition) is 4. The maximum Gasteiger partial charge on any atom is 0.505 e. The number of carboxylic acid groups (broad SMARTS) is 1. The first-order chi connectivity index (χ1) is 8.18. The van der Waals surface area contributed by atoms with Gasteiger partial charge in [-0.05, 0) is 19.3 Å². The van der Waals surface area contributed by atoms with E-state index in [1.54, 1.807) is 0 Å². The van der Waals surface area contributed by atoms with Crippen LogP contribution in [0.15, 0.2) is 0 Å². The second-order valence-electron chi connectivity index (χ2n) is 3.47. The van der Waals surface area contributed by atoms with Crippen molar-refractivity contribution in [1.82, 2.24) is 0 Å². The number of carbonyl (C=O) groups is 1. The molecule has 17 heavy (non-hydrogen) atoms. The molecule has 1 N–H and O–H groups in total. The molecule has 0 radical (unpaired) electrons. The molecule has 0 rings (SSSR count). The van der Waals surface area contributed by atoms with E-state index in [-0.39, 0.29) is 0 Å². The highest BCUT2D eigenvalue weighted by atomic mass is 17.2. The summed E-state index contributed by atoms with van der Waals surface area (Å²) in [5.41, 5.74) is 0. The third-order valence-electron chi connectivity index (χ3n) is 1.68. The van der Waals surface area contributed by atoms with Crippen LogP contribution in [0, 0.1) is 0 Å². The molecule has 0 spiro atoms. The summed E-state index contributed by atoms with van der Waals surface area (Å²) >= 11 is 0. The molecule has 0 bridgehead atoms. The highest BCUT2D eigenvalue weighted by Crippen LogP contribution is 1.91. The Bertz CT molecular complexity index is 142. The zero-order valence-corrected chi connectivity index (χ0v) is 11.2. The van der Waals surface area contributed by atoms with Crippen molar-refractivity contribution in [2.75, 3.05) is 19.8 Å². The smallest absolute Gasteiger partial charge is 0.450 e. The molecule has 104 valence electrons. The van der Waals surface area contributed by atoms with Crippen LogP contribution in [0.2, 0.25) is 0 Å². The Labute approximate surface area is 104 Å². The van der Waals surface area contributed by atoms with E-state index in [0.717, 1.165) is 45.3 Å². The fourth-order valence-electron chi connectivity index (χ4n) is 0.714. The van der Waals surface area contributed by atoms with E-state index in [0.29, 0.717) is 6.61 Å². The summed E-state index contributed by atoms with van der Waals surface area (Å²) in [7, 11) is 0. The number of ether oxygens (including phenoxy) is 1. The summed E-state index contributed by atoms with van der Waals surface area (Å²) in [5.74, 6) is 0. The van der Waals surface area contributed by atoms with Crippen LogP contribution in [0.3, 0.4) is 0 Å². The molecule has 5 heteroatoms. The standard InChI is InChI=1S/C8H18O2.C4H8O3/c1-3-5-7-9-10-8-6-4-2;1-2-3-7-4(5)6/h3-8H2,1-2H3;2-3H2,1H3,(H,5,6). The topological polar surface area (TPSA) is 65.0 Å². The highest BCUT2D eigenvalue weighted by Gasteiger charge is 1.89. The van der Waals surface area contributed by atoms with Crippen molar-refractivity contribution in [3.8, 4) is 0 Å². The molecular weight excluding hydrogens is 224 g/mol. The maximum atomic E-state index is 9.54. The van der Waals surface area contributed by atoms with Crippen molar-refractivity contribution >= 4 is 6.16 Å². The lowest BCUT2D eigenvalue weighted by atomic mass is 10.4. The minimum Gasteiger partial charge on any atom is -0.450 e. The Hall–Kier alpha value is -0.810. The van der Waals surface area contributed by atoms with Gasteiger partial charge in [-0.25, -0.2) is 14.6 Å². The zero-order valence-electron chi connectivity index (χ0n) is 11.2. The van der Waals surface area contributed by atoms with Crippen LogP contribution >= 0.6 is 0 Å². The quantitative estimate of drug-likeness (QED) is 0.293. The minimum absolute atomic E-state index is 0.301. The van der Waals surface area contributed by atoms with Gasteiger partial charge in [0.25, 0.3) is 0 Å². The van der Waals surface area contributed by atoms with Gasteiger partial charge in [0.1, 0.15) is 0 Å². The van der Waals surface area contributed by atoms with E-state index in [1.807, 2.05) is 6.92 Å². The third-order valence-corrected chi connectivity index (χ3v) is 1.68. The lowest BCUT2D eigenvalue weighted by Crippen LogP contribution is -1.99. The van der Waals surface area contributed by atoms with Gasteiger partial charge in [0.15, 0.2) is 0 Å². The molecule has 0 aromatic carbocycles. The Kier molecular flexibility index (Phi) is 19.2. The van der Waals surface area contributed by atoms with Gasteiger partial charge in [-0.3, -0.25) is 0 Å². The molecule has 0 aromatic heterocycles. The average Bonchev–Trinajstić information content (AvgIpc) is 2.32. The first-order valence-corrected chi connectivity index (χ1v) is 6.29. The molecule has 0 amide bonds. The summed E-state index contributed by atoms with van der Waals surface area (Å²) in [6, 6.07) is 0. The Morgan fingerprint density at radius 1 is 0.882 bits per heavy atom. The van der Waals surface area contributed by atoms with Gasteiger partial charge in [-0.1, -0.05) is 33.6 Å². The van der Waals surface area contributed by atoms with Crippen LogP contribution in [-0.2, 0) is 14.5 Å². The minimum atomic E-state index is -1.19. The molecular formula is C12H26O5. The highest BCUT2D eigenvalue weighted by molar-refractivity contribution is 5.56. The number of hydrogen-bond donors (Lipinski definition) is 1. The van der Waals surface area contributed by atoms with Crippen LogP contribution in [0.5, 0.6) is 0 Å². The Balaban J connectivity index is 0. The van der Waals surface area contributed by atoms with Gasteiger partial charge in [0, 0.05) is 0 Å². The zero-order chi connectivity index (χ0) is 13.4. The van der Waals surface area contributed by atoms with Crippen LogP contribution < -0.4 is 0 Å². The van der Waals surface area contributed by atoms with Crippen molar-refractivity contribution < 1.29 is 24.4 Å². The first kappa shape index (κ1) is 18.6. The summed E-state index contributed by atoms with van der Waals surface area (Å²) in [5, 5.41) is 7.82. The number of unbranched alkanes of at least 4 members (excludes halogenated alkanes) is 2. The fourth-order valence-corrected chi connectivity index (χ4v) is 0.714. The van der Waals surface area contributed by atoms with Crippen LogP contribution in [0.25, 0.3) is 0 Å². The molecule has 0 saturated carbocycles. The van der Waals surface area contributed by atoms with E-state index in [2.05, 4.69) is 18.6 Å². The summed E-state index contributed by atoms with van der Waals surface area (Å²) in [6.45, 7) is 7.89. The Morgan fingerprint density at radius 3 is 1.59 bits per heavy atom. The predicted octanol–water partition coefficient (Wildman–Crippen LogP) is 3.63. The van der Waals surface area contributed by atoms with Crippen LogP contribution in [0.1, 0.15) is 52.9 Å². The van der Waals surface area contributed by atoms with Gasteiger partial charge in [-0.2, -0.15) is 0 Å². The molecule has 0 aliphatic carbocycles. The molecule has 0 aliphatic heterocycles. The van der Waals surface area contributed by atoms with E-state index >= 15 is 0 Å². The second-order valence-corrected chi connectivity index (χ2v) is 3.47. The SMILES string of the molecule is CCCCOOCCCC.CCCOC(=O)O. The van der Waals surface area contributed by atoms with Gasteiger partial charge in [-0.15, -0.1) is 0 Å². The van der Waals surface area contributed by atoms with Gasteiger partial charge < -0.3 is 9.84 Å². The molecule has 0 fully saturated rings. The fraction of sp³-hybridized carbons (Fsp3) is 0.917. The largest absolute Gasteiger partial charge is 0.505 e. The lowest BCUT2D eigenvalue weighted by molar-refractivity contribution is -0.295. The maximum absolute atomic E-state index is 9.54. The summed E-state index contributed by atoms with van der Waals surface area (Å²) in [6.07, 6.45) is 4.06. The van der Waals surface area contributed by atoms with Gasteiger partial charge in [0.2, 0.25) is 0 Å². The van der Waals surface area contributed by atoms with Crippen molar-refractivity contribution in [3.05, 3.63) is 0 Å². The van der Waals surface area contributed by atoms with Crippen molar-refractivity contribution in [3.63, 3.8) is 0 Å². The summed E-state index contributed by atoms with van der Waals surface area (Å²) in [4.78, 5) is 19.3. The van der Waals surface area contributed by atoms with Crippen molar-refractivity contribution in [2.45, 2.75) is 52.9 Å². The molecule has 0 unspecified atom stereocenters. The summed E-state index contributed by atoms with van der Waals surface area (Å²) < 4.78 is 4.11. The molecule has 0 heterocycles. The first-order valence-electron chi connectivity index (χ1n) is 6.29. The van der Waals surface area contributed by atoms with E-state index in [4.69, 9.17) is 14.9 Å². The van der Waals surface area contributed by atoms with Gasteiger partial charge >= 0.3 is 6.16 Å². The van der Waals surface area contributed by atoms with Crippen LogP contribution in [-0.4, -0.2) is 31.1 Å². The molecule has 0 aliphatic rings. The van der Waals surface area contributed by atoms with E-state index < -0.39 is 6.16 Å². The van der Waals surface area contributed by atoms with E-state index in [9.17, 15) is 4.79 Å². The van der Waals surface area contributed by atoms with E-state index in [1.165, 1.54) is 0 Å². The van der Waals surface area contributed by atoms with Crippen molar-refractivity contribution in [1.29, 1.82) is 0 Å². The molecule has 0 aromatic rings. The monoisotopic (exact) mass is 250 g/mol. The lowest BCUT2D eigenvalue weighted by Gasteiger charge is -2.00. The van der Waals surface area contributed by atoms with Gasteiger partial charge in [0.05, 0.1) is 19.8 Å². The Morgan fingerprint density at radius 2 is 1.35 bits per heavy atom. The molecule has 0 saturated heterocycles. The van der Waals surface area contributed by atoms with Crippen LogP contribution in [0.4, 0.5) is 4.79 Å². The number of rotatable bonds is 9. The molecule has 0 atom stereocenters. The third kappa shape index (κ3) is 25.5. The molecule has 5 nitrogen and oxygen atoms in total. The normalized spacial score (nSPS) is 9.35. The second kappa shape index (κ2) is 17.6. The average molecular weight is 250 g/mol. The predicted molar refractivity (Wildman–Crippen MR) is 66.0 cm³/mol. The van der Waals surface area contributed by atoms with Crippen molar-refractivity contribution in [2.24, 2.45) is 0 Å².